The van der Waals surface area contributed by atoms with Crippen LogP contribution >= 0.6 is 0 Å². The zero-order valence-corrected chi connectivity index (χ0v) is 34.3. The highest BCUT2D eigenvalue weighted by Gasteiger charge is 2.35. The minimum absolute atomic E-state index is 0.0681. The van der Waals surface area contributed by atoms with E-state index in [4.69, 9.17) is 17.2 Å². The molecule has 0 aliphatic rings. The predicted molar refractivity (Wildman–Crippen MR) is 212 cm³/mol. The number of carbonyl (C=O) groups excluding carboxylic acids is 8. The number of carboxylic acids is 1. The molecule has 0 fully saturated rings. The van der Waals surface area contributed by atoms with Crippen molar-refractivity contribution >= 4 is 53.2 Å². The van der Waals surface area contributed by atoms with Crippen molar-refractivity contribution in [3.8, 4) is 5.75 Å². The Morgan fingerprint density at radius 2 is 1.14 bits per heavy atom. The van der Waals surface area contributed by atoms with Gasteiger partial charge in [0.25, 0.3) is 0 Å². The van der Waals surface area contributed by atoms with Crippen LogP contribution in [0.2, 0.25) is 0 Å². The van der Waals surface area contributed by atoms with Crippen molar-refractivity contribution in [2.75, 3.05) is 6.61 Å². The van der Waals surface area contributed by atoms with Crippen LogP contribution in [0, 0.1) is 17.8 Å². The number of aromatic hydroxyl groups is 1. The minimum atomic E-state index is -1.77. The van der Waals surface area contributed by atoms with Crippen LogP contribution in [0.4, 0.5) is 0 Å². The molecule has 1 aromatic carbocycles. The number of amides is 8. The standard InChI is InChI=1S/C38H61N9O12/c1-7-20(6)31(47-32(52)23(39)14-18(2)3)37(57)43-25(15-21-8-10-22(49)11-9-21)34(54)42-24(12-13-28(40)50)33(53)46-30(19(4)5)36(56)45-27(17-48)35(55)44-26(38(58)59)16-29(41)51/h8-11,18-20,23-27,30-31,48-49H,7,12-17,39H2,1-6H3,(H2,40,50)(H2,41,51)(H,42,54)(H,43,57)(H,44,55)(H,45,56)(H,46,53)(H,47,52)(H,58,59)/t20-,23-,24-,25-,26-,27-,30-,31-/m0/s1. The molecule has 21 heteroatoms. The smallest absolute Gasteiger partial charge is 0.326 e. The number of primary amides is 2. The van der Waals surface area contributed by atoms with Gasteiger partial charge in [-0.1, -0.05) is 60.1 Å². The highest BCUT2D eigenvalue weighted by atomic mass is 16.4. The lowest BCUT2D eigenvalue weighted by Gasteiger charge is -2.29. The number of aliphatic hydroxyl groups excluding tert-OH is 1. The van der Waals surface area contributed by atoms with E-state index in [1.165, 1.54) is 38.1 Å². The topological polar surface area (TPSA) is 365 Å². The molecule has 8 amide bonds. The molecule has 0 saturated heterocycles. The van der Waals surface area contributed by atoms with Gasteiger partial charge < -0.3 is 64.4 Å². The Bertz CT molecular complexity index is 1640. The molecule has 0 unspecified atom stereocenters. The number of phenols is 1. The molecule has 330 valence electrons. The molecule has 0 spiro atoms. The summed E-state index contributed by atoms with van der Waals surface area (Å²) in [5, 5.41) is 43.5. The number of hydrogen-bond acceptors (Lipinski definition) is 12. The van der Waals surface area contributed by atoms with Crippen molar-refractivity contribution in [2.45, 2.75) is 122 Å². The van der Waals surface area contributed by atoms with Crippen molar-refractivity contribution in [1.29, 1.82) is 0 Å². The molecule has 8 atom stereocenters. The summed E-state index contributed by atoms with van der Waals surface area (Å²) in [6, 6.07) is -4.18. The minimum Gasteiger partial charge on any atom is -0.508 e. The second kappa shape index (κ2) is 24.8. The first-order chi connectivity index (χ1) is 27.5. The third kappa shape index (κ3) is 18.1. The Morgan fingerprint density at radius 3 is 1.63 bits per heavy atom. The van der Waals surface area contributed by atoms with Gasteiger partial charge in [-0.05, 0) is 48.3 Å². The van der Waals surface area contributed by atoms with Gasteiger partial charge >= 0.3 is 5.97 Å². The summed E-state index contributed by atoms with van der Waals surface area (Å²) in [7, 11) is 0. The van der Waals surface area contributed by atoms with Crippen LogP contribution in [0.5, 0.6) is 5.75 Å². The van der Waals surface area contributed by atoms with Crippen molar-refractivity contribution in [3.05, 3.63) is 29.8 Å². The molecule has 0 heterocycles. The number of nitrogens with two attached hydrogens (primary N) is 3. The van der Waals surface area contributed by atoms with Crippen LogP contribution in [0.25, 0.3) is 0 Å². The van der Waals surface area contributed by atoms with E-state index in [-0.39, 0.29) is 24.5 Å². The Kier molecular flexibility index (Phi) is 21.5. The SMILES string of the molecule is CC[C@H](C)[C@H](NC(=O)[C@@H](N)CC(C)C)C(=O)N[C@@H](Cc1ccc(O)cc1)C(=O)N[C@@H](CCC(N)=O)C(=O)N[C@H](C(=O)N[C@@H](CO)C(=O)N[C@@H](CC(N)=O)C(=O)O)C(C)C. The largest absolute Gasteiger partial charge is 0.508 e. The van der Waals surface area contributed by atoms with Crippen LogP contribution in [0.3, 0.4) is 0 Å². The highest BCUT2D eigenvalue weighted by molar-refractivity contribution is 5.97. The zero-order valence-electron chi connectivity index (χ0n) is 34.3. The molecular formula is C38H61N9O12. The summed E-state index contributed by atoms with van der Waals surface area (Å²) in [6.07, 6.45) is -0.917. The Hall–Kier alpha value is -5.83. The summed E-state index contributed by atoms with van der Waals surface area (Å²) in [5.41, 5.74) is 17.0. The van der Waals surface area contributed by atoms with E-state index in [0.717, 1.165) is 0 Å². The molecule has 15 N–H and O–H groups in total. The molecule has 1 aromatic rings. The second-order valence-electron chi connectivity index (χ2n) is 15.1. The molecule has 0 aromatic heterocycles. The van der Waals surface area contributed by atoms with Gasteiger partial charge in [0.1, 0.15) is 42.0 Å². The van der Waals surface area contributed by atoms with E-state index in [9.17, 15) is 58.5 Å². The third-order valence-electron chi connectivity index (χ3n) is 9.26. The summed E-state index contributed by atoms with van der Waals surface area (Å²) in [6.45, 7) is 9.33. The number of nitrogens with one attached hydrogen (secondary N) is 6. The maximum absolute atomic E-state index is 14.0. The number of rotatable bonds is 26. The third-order valence-corrected chi connectivity index (χ3v) is 9.26. The molecule has 0 saturated carbocycles. The Morgan fingerprint density at radius 1 is 0.644 bits per heavy atom. The number of hydrogen-bond donors (Lipinski definition) is 12. The quantitative estimate of drug-likeness (QED) is 0.0447. The van der Waals surface area contributed by atoms with Gasteiger partial charge in [-0.2, -0.15) is 0 Å². The molecule has 0 aliphatic heterocycles. The maximum Gasteiger partial charge on any atom is 0.326 e. The van der Waals surface area contributed by atoms with E-state index in [2.05, 4.69) is 26.6 Å². The molecule has 21 nitrogen and oxygen atoms in total. The summed E-state index contributed by atoms with van der Waals surface area (Å²) in [4.78, 5) is 115. The van der Waals surface area contributed by atoms with Crippen LogP contribution in [-0.4, -0.2) is 117 Å². The predicted octanol–water partition coefficient (Wildman–Crippen LogP) is -2.86. The summed E-state index contributed by atoms with van der Waals surface area (Å²) in [5.74, 6) is -9.94. The number of benzene rings is 1. The first kappa shape index (κ1) is 51.2. The van der Waals surface area contributed by atoms with E-state index < -0.39 is 127 Å². The van der Waals surface area contributed by atoms with E-state index in [1.807, 2.05) is 19.2 Å². The van der Waals surface area contributed by atoms with Crippen LogP contribution < -0.4 is 49.1 Å². The molecule has 0 aliphatic carbocycles. The zero-order chi connectivity index (χ0) is 45.1. The van der Waals surface area contributed by atoms with Gasteiger partial charge in [-0.25, -0.2) is 4.79 Å². The fraction of sp³-hybridized carbons (Fsp3) is 0.605. The summed E-state index contributed by atoms with van der Waals surface area (Å²) < 4.78 is 0. The van der Waals surface area contributed by atoms with Crippen molar-refractivity contribution in [2.24, 2.45) is 35.0 Å². The van der Waals surface area contributed by atoms with Crippen LogP contribution in [0.15, 0.2) is 24.3 Å². The number of aliphatic carboxylic acids is 1. The fourth-order valence-electron chi connectivity index (χ4n) is 5.66. The van der Waals surface area contributed by atoms with Crippen molar-refractivity contribution in [1.82, 2.24) is 31.9 Å². The average Bonchev–Trinajstić information content (AvgIpc) is 3.15. The van der Waals surface area contributed by atoms with Crippen molar-refractivity contribution in [3.63, 3.8) is 0 Å². The lowest BCUT2D eigenvalue weighted by molar-refractivity contribution is -0.144. The summed E-state index contributed by atoms with van der Waals surface area (Å²) >= 11 is 0. The van der Waals surface area contributed by atoms with Gasteiger partial charge in [0, 0.05) is 12.8 Å². The molecule has 59 heavy (non-hydrogen) atoms. The normalized spacial score (nSPS) is 15.2. The number of phenolic OH excluding ortho intramolecular Hbond substituents is 1. The highest BCUT2D eigenvalue weighted by Crippen LogP contribution is 2.15. The monoisotopic (exact) mass is 835 g/mol. The molecular weight excluding hydrogens is 774 g/mol. The fourth-order valence-corrected chi connectivity index (χ4v) is 5.66. The molecule has 0 radical (unpaired) electrons. The lowest BCUT2D eigenvalue weighted by atomic mass is 9.96. The lowest BCUT2D eigenvalue weighted by Crippen LogP contribution is -2.61. The van der Waals surface area contributed by atoms with E-state index in [0.29, 0.717) is 18.4 Å². The van der Waals surface area contributed by atoms with Gasteiger partial charge in [0.15, 0.2) is 0 Å². The van der Waals surface area contributed by atoms with E-state index >= 15 is 0 Å². The number of aliphatic hydroxyl groups is 1. The second-order valence-corrected chi connectivity index (χ2v) is 15.1. The van der Waals surface area contributed by atoms with Crippen molar-refractivity contribution < 1.29 is 58.5 Å². The molecule has 1 rings (SSSR count). The van der Waals surface area contributed by atoms with Gasteiger partial charge in [-0.3, -0.25) is 38.4 Å². The van der Waals surface area contributed by atoms with Gasteiger partial charge in [-0.15, -0.1) is 0 Å². The molecule has 0 bridgehead atoms. The number of carbonyl (C=O) groups is 9. The number of carboxylic acid groups (broad SMARTS) is 1. The Labute approximate surface area is 342 Å². The Balaban J connectivity index is 3.43. The van der Waals surface area contributed by atoms with Crippen LogP contribution in [-0.2, 0) is 49.6 Å². The van der Waals surface area contributed by atoms with Gasteiger partial charge in [0.05, 0.1) is 19.1 Å². The van der Waals surface area contributed by atoms with E-state index in [1.54, 1.807) is 13.8 Å². The maximum atomic E-state index is 14.0. The van der Waals surface area contributed by atoms with Crippen LogP contribution in [0.1, 0.15) is 79.2 Å². The first-order valence-electron chi connectivity index (χ1n) is 19.3. The first-order valence-corrected chi connectivity index (χ1v) is 19.3. The average molecular weight is 836 g/mol. The van der Waals surface area contributed by atoms with Gasteiger partial charge in [0.2, 0.25) is 47.3 Å².